The predicted molar refractivity (Wildman–Crippen MR) is 89.6 cm³/mol. The van der Waals surface area contributed by atoms with Crippen LogP contribution in [0, 0.1) is 13.8 Å². The van der Waals surface area contributed by atoms with Crippen LogP contribution >= 0.6 is 0 Å². The molecule has 1 aliphatic rings. The second-order valence-corrected chi connectivity index (χ2v) is 6.39. The summed E-state index contributed by atoms with van der Waals surface area (Å²) >= 11 is 0. The van der Waals surface area contributed by atoms with Crippen LogP contribution in [0.15, 0.2) is 24.5 Å². The van der Waals surface area contributed by atoms with E-state index in [0.717, 1.165) is 30.8 Å². The number of hydrogen-bond donors (Lipinski definition) is 2. The number of aliphatic hydroxyl groups excluding tert-OH is 1. The smallest absolute Gasteiger partial charge is 0.124 e. The third-order valence-corrected chi connectivity index (χ3v) is 4.56. The third-order valence-electron chi connectivity index (χ3n) is 4.56. The fourth-order valence-electron chi connectivity index (χ4n) is 3.03. The van der Waals surface area contributed by atoms with Crippen LogP contribution < -0.4 is 10.1 Å². The van der Waals surface area contributed by atoms with Gasteiger partial charge in [0.1, 0.15) is 5.75 Å². The summed E-state index contributed by atoms with van der Waals surface area (Å²) in [7, 11) is 1.85. The van der Waals surface area contributed by atoms with Crippen LogP contribution in [0.5, 0.6) is 5.75 Å². The molecule has 124 valence electrons. The van der Waals surface area contributed by atoms with Gasteiger partial charge in [-0.25, -0.2) is 0 Å². The van der Waals surface area contributed by atoms with Crippen LogP contribution in [-0.4, -0.2) is 28.0 Å². The molecule has 23 heavy (non-hydrogen) atoms. The second kappa shape index (κ2) is 6.72. The number of nitrogens with zero attached hydrogens (tertiary/aromatic N) is 2. The van der Waals surface area contributed by atoms with E-state index in [1.54, 1.807) is 10.9 Å². The summed E-state index contributed by atoms with van der Waals surface area (Å²) in [5.74, 6) is 0.971. The molecular formula is C18H25N3O2. The van der Waals surface area contributed by atoms with Gasteiger partial charge in [-0.3, -0.25) is 4.68 Å². The number of fused-ring (bicyclic) bond motifs is 1. The molecule has 0 fully saturated rings. The molecule has 0 bridgehead atoms. The van der Waals surface area contributed by atoms with Crippen molar-refractivity contribution in [1.82, 2.24) is 15.1 Å². The summed E-state index contributed by atoms with van der Waals surface area (Å²) in [6.45, 7) is 5.49. The van der Waals surface area contributed by atoms with E-state index in [4.69, 9.17) is 4.74 Å². The zero-order chi connectivity index (χ0) is 16.4. The molecule has 1 aromatic heterocycles. The average molecular weight is 315 g/mol. The van der Waals surface area contributed by atoms with Gasteiger partial charge in [-0.05, 0) is 43.9 Å². The predicted octanol–water partition coefficient (Wildman–Crippen LogP) is 2.57. The summed E-state index contributed by atoms with van der Waals surface area (Å²) in [4.78, 5) is 0. The fourth-order valence-corrected chi connectivity index (χ4v) is 3.03. The Labute approximate surface area is 137 Å². The fraction of sp³-hybridized carbons (Fsp3) is 0.500. The van der Waals surface area contributed by atoms with Crippen LogP contribution in [0.2, 0.25) is 0 Å². The third kappa shape index (κ3) is 3.57. The standard InChI is InChI=1S/C18H25N3O2/c1-12-7-15-16(5-4-6-23-18(15)8-13(12)2)19-10-17(22)14-9-20-21(3)11-14/h7-9,11,16-17,19,22H,4-6,10H2,1-3H3/t16-,17+/m0/s1. The lowest BCUT2D eigenvalue weighted by Gasteiger charge is -2.21. The highest BCUT2D eigenvalue weighted by Gasteiger charge is 2.21. The Morgan fingerprint density at radius 1 is 1.39 bits per heavy atom. The highest BCUT2D eigenvalue weighted by Crippen LogP contribution is 2.34. The quantitative estimate of drug-likeness (QED) is 0.910. The zero-order valence-electron chi connectivity index (χ0n) is 14.0. The first kappa shape index (κ1) is 16.0. The van der Waals surface area contributed by atoms with Crippen molar-refractivity contribution in [3.63, 3.8) is 0 Å². The molecule has 5 nitrogen and oxygen atoms in total. The summed E-state index contributed by atoms with van der Waals surface area (Å²) in [6.07, 6.45) is 5.03. The van der Waals surface area contributed by atoms with Gasteiger partial charge in [0.05, 0.1) is 18.9 Å². The molecule has 0 spiro atoms. The van der Waals surface area contributed by atoms with E-state index in [0.29, 0.717) is 6.54 Å². The zero-order valence-corrected chi connectivity index (χ0v) is 14.0. The van der Waals surface area contributed by atoms with Crippen molar-refractivity contribution in [2.75, 3.05) is 13.2 Å². The number of aromatic nitrogens is 2. The Bertz CT molecular complexity index is 681. The van der Waals surface area contributed by atoms with Gasteiger partial charge < -0.3 is 15.2 Å². The topological polar surface area (TPSA) is 59.3 Å². The molecule has 0 aliphatic carbocycles. The van der Waals surface area contributed by atoms with Gasteiger partial charge >= 0.3 is 0 Å². The van der Waals surface area contributed by atoms with Gasteiger partial charge in [0, 0.05) is 37.0 Å². The van der Waals surface area contributed by atoms with Crippen LogP contribution in [0.4, 0.5) is 0 Å². The van der Waals surface area contributed by atoms with Gasteiger partial charge in [0.2, 0.25) is 0 Å². The number of rotatable bonds is 4. The van der Waals surface area contributed by atoms with Crippen molar-refractivity contribution >= 4 is 0 Å². The Balaban J connectivity index is 1.74. The number of aliphatic hydroxyl groups is 1. The summed E-state index contributed by atoms with van der Waals surface area (Å²) in [5, 5.41) is 18.0. The summed E-state index contributed by atoms with van der Waals surface area (Å²) in [6, 6.07) is 4.55. The van der Waals surface area contributed by atoms with Crippen LogP contribution in [0.1, 0.15) is 47.2 Å². The lowest BCUT2D eigenvalue weighted by Crippen LogP contribution is -2.26. The normalized spacial score (nSPS) is 18.9. The maximum atomic E-state index is 10.3. The first-order valence-corrected chi connectivity index (χ1v) is 8.18. The van der Waals surface area contributed by atoms with Gasteiger partial charge in [-0.1, -0.05) is 6.07 Å². The van der Waals surface area contributed by atoms with Crippen LogP contribution in [0.3, 0.4) is 0 Å². The van der Waals surface area contributed by atoms with E-state index in [-0.39, 0.29) is 6.04 Å². The Hall–Kier alpha value is -1.85. The number of hydrogen-bond acceptors (Lipinski definition) is 4. The van der Waals surface area contributed by atoms with Crippen molar-refractivity contribution in [2.45, 2.75) is 38.8 Å². The summed E-state index contributed by atoms with van der Waals surface area (Å²) in [5.41, 5.74) is 4.56. The van der Waals surface area contributed by atoms with Crippen LogP contribution in [-0.2, 0) is 7.05 Å². The molecule has 2 aromatic rings. The van der Waals surface area contributed by atoms with E-state index in [1.807, 2.05) is 13.2 Å². The molecule has 2 N–H and O–H groups in total. The number of ether oxygens (including phenoxy) is 1. The number of nitrogens with one attached hydrogen (secondary N) is 1. The minimum atomic E-state index is -0.553. The first-order chi connectivity index (χ1) is 11.0. The first-order valence-electron chi connectivity index (χ1n) is 8.18. The highest BCUT2D eigenvalue weighted by molar-refractivity contribution is 5.44. The Morgan fingerprint density at radius 3 is 2.91 bits per heavy atom. The Kier molecular flexibility index (Phi) is 4.68. The van der Waals surface area contributed by atoms with Crippen molar-refractivity contribution in [3.05, 3.63) is 46.8 Å². The van der Waals surface area contributed by atoms with E-state index < -0.39 is 6.10 Å². The molecule has 2 heterocycles. The van der Waals surface area contributed by atoms with Crippen molar-refractivity contribution < 1.29 is 9.84 Å². The second-order valence-electron chi connectivity index (χ2n) is 6.39. The average Bonchev–Trinajstić information content (AvgIpc) is 2.87. The molecule has 0 amide bonds. The lowest BCUT2D eigenvalue weighted by atomic mass is 9.97. The van der Waals surface area contributed by atoms with E-state index in [9.17, 15) is 5.11 Å². The minimum absolute atomic E-state index is 0.207. The molecule has 5 heteroatoms. The van der Waals surface area contributed by atoms with Gasteiger partial charge in [-0.2, -0.15) is 5.10 Å². The lowest BCUT2D eigenvalue weighted by molar-refractivity contribution is 0.169. The molecule has 0 saturated heterocycles. The van der Waals surface area contributed by atoms with Gasteiger partial charge in [0.25, 0.3) is 0 Å². The van der Waals surface area contributed by atoms with Gasteiger partial charge in [0.15, 0.2) is 0 Å². The van der Waals surface area contributed by atoms with Crippen LogP contribution in [0.25, 0.3) is 0 Å². The minimum Gasteiger partial charge on any atom is -0.493 e. The molecule has 0 unspecified atom stereocenters. The number of benzene rings is 1. The highest BCUT2D eigenvalue weighted by atomic mass is 16.5. The van der Waals surface area contributed by atoms with E-state index in [1.165, 1.54) is 16.7 Å². The molecule has 0 radical (unpaired) electrons. The van der Waals surface area contributed by atoms with E-state index >= 15 is 0 Å². The monoisotopic (exact) mass is 315 g/mol. The molecular weight excluding hydrogens is 290 g/mol. The van der Waals surface area contributed by atoms with Crippen molar-refractivity contribution in [3.8, 4) is 5.75 Å². The maximum Gasteiger partial charge on any atom is 0.124 e. The van der Waals surface area contributed by atoms with E-state index in [2.05, 4.69) is 36.4 Å². The summed E-state index contributed by atoms with van der Waals surface area (Å²) < 4.78 is 7.60. The molecule has 1 aliphatic heterocycles. The SMILES string of the molecule is Cc1cc2c(cc1C)[C@@H](NC[C@@H](O)c1cnn(C)c1)CCCO2. The van der Waals surface area contributed by atoms with Crippen molar-refractivity contribution in [1.29, 1.82) is 0 Å². The molecule has 2 atom stereocenters. The molecule has 0 saturated carbocycles. The van der Waals surface area contributed by atoms with Gasteiger partial charge in [-0.15, -0.1) is 0 Å². The molecule has 1 aromatic carbocycles. The Morgan fingerprint density at radius 2 is 2.17 bits per heavy atom. The molecule has 3 rings (SSSR count). The maximum absolute atomic E-state index is 10.3. The van der Waals surface area contributed by atoms with Crippen molar-refractivity contribution in [2.24, 2.45) is 7.05 Å². The largest absolute Gasteiger partial charge is 0.493 e. The number of aryl methyl sites for hydroxylation is 3.